The van der Waals surface area contributed by atoms with E-state index in [2.05, 4.69) is 9.80 Å². The fraction of sp³-hybridized carbons (Fsp3) is 0.389. The van der Waals surface area contributed by atoms with Crippen LogP contribution in [0.2, 0.25) is 0 Å². The van der Waals surface area contributed by atoms with E-state index in [4.69, 9.17) is 30.5 Å². The van der Waals surface area contributed by atoms with Gasteiger partial charge in [-0.2, -0.15) is 21.0 Å². The number of nitriles is 4. The SMILES string of the molecule is CCN(CCOC(=O)CCCCC(=O)OCCN(CC)c1ccc(C=C(C#N)C#N)c(C)c1)c1ccc(C=C(C#N)C#N)c(C)c1. The second-order valence-corrected chi connectivity index (χ2v) is 10.5. The third kappa shape index (κ3) is 11.8. The molecule has 2 rings (SSSR count). The molecule has 0 fully saturated rings. The number of anilines is 2. The van der Waals surface area contributed by atoms with Gasteiger partial charge in [0.05, 0.1) is 13.1 Å². The van der Waals surface area contributed by atoms with Crippen LogP contribution in [0.5, 0.6) is 0 Å². The fourth-order valence-corrected chi connectivity index (χ4v) is 4.69. The van der Waals surface area contributed by atoms with Crippen molar-refractivity contribution >= 4 is 35.5 Å². The first kappa shape index (κ1) is 36.6. The third-order valence-corrected chi connectivity index (χ3v) is 7.34. The third-order valence-electron chi connectivity index (χ3n) is 7.34. The molecule has 0 saturated heterocycles. The first-order valence-corrected chi connectivity index (χ1v) is 15.3. The van der Waals surface area contributed by atoms with Crippen LogP contribution in [0.4, 0.5) is 11.4 Å². The molecule has 0 bridgehead atoms. The average molecular weight is 621 g/mol. The molecule has 0 heterocycles. The maximum atomic E-state index is 12.2. The summed E-state index contributed by atoms with van der Waals surface area (Å²) in [5, 5.41) is 36.0. The van der Waals surface area contributed by atoms with Crippen LogP contribution in [0, 0.1) is 59.2 Å². The number of hydrogen-bond acceptors (Lipinski definition) is 10. The minimum Gasteiger partial charge on any atom is -0.464 e. The largest absolute Gasteiger partial charge is 0.464 e. The molecule has 0 N–H and O–H groups in total. The van der Waals surface area contributed by atoms with E-state index in [1.165, 1.54) is 0 Å². The molecular formula is C36H40N6O4. The molecule has 0 aliphatic carbocycles. The van der Waals surface area contributed by atoms with E-state index in [0.29, 0.717) is 39.0 Å². The zero-order chi connectivity index (χ0) is 33.9. The van der Waals surface area contributed by atoms with Gasteiger partial charge in [0, 0.05) is 37.3 Å². The van der Waals surface area contributed by atoms with Crippen LogP contribution in [-0.2, 0) is 19.1 Å². The van der Waals surface area contributed by atoms with E-state index >= 15 is 0 Å². The first-order valence-electron chi connectivity index (χ1n) is 15.3. The Balaban J connectivity index is 1.70. The van der Waals surface area contributed by atoms with Crippen molar-refractivity contribution in [3.05, 3.63) is 69.8 Å². The van der Waals surface area contributed by atoms with Crippen LogP contribution in [0.1, 0.15) is 61.8 Å². The topological polar surface area (TPSA) is 154 Å². The molecule has 0 unspecified atom stereocenters. The molecule has 238 valence electrons. The lowest BCUT2D eigenvalue weighted by molar-refractivity contribution is -0.145. The van der Waals surface area contributed by atoms with Crippen molar-refractivity contribution in [3.8, 4) is 24.3 Å². The van der Waals surface area contributed by atoms with E-state index in [0.717, 1.165) is 33.6 Å². The number of hydrogen-bond donors (Lipinski definition) is 0. The van der Waals surface area contributed by atoms with Gasteiger partial charge in [0.25, 0.3) is 0 Å². The molecule has 10 heteroatoms. The second kappa shape index (κ2) is 19.6. The highest BCUT2D eigenvalue weighted by Gasteiger charge is 2.11. The number of esters is 2. The number of allylic oxidation sites excluding steroid dienone is 2. The van der Waals surface area contributed by atoms with E-state index in [1.54, 1.807) is 12.2 Å². The molecule has 0 spiro atoms. The van der Waals surface area contributed by atoms with Crippen molar-refractivity contribution in [2.24, 2.45) is 0 Å². The lowest BCUT2D eigenvalue weighted by Crippen LogP contribution is -2.28. The molecule has 2 aromatic carbocycles. The Hall–Kier alpha value is -5.58. The van der Waals surface area contributed by atoms with E-state index in [1.807, 2.05) is 88.4 Å². The highest BCUT2D eigenvalue weighted by Crippen LogP contribution is 2.22. The zero-order valence-electron chi connectivity index (χ0n) is 27.0. The number of aryl methyl sites for hydroxylation is 2. The summed E-state index contributed by atoms with van der Waals surface area (Å²) in [5.41, 5.74) is 5.47. The number of benzene rings is 2. The van der Waals surface area contributed by atoms with Gasteiger partial charge < -0.3 is 19.3 Å². The summed E-state index contributed by atoms with van der Waals surface area (Å²) in [6.45, 7) is 10.8. The van der Waals surface area contributed by atoms with E-state index < -0.39 is 0 Å². The second-order valence-electron chi connectivity index (χ2n) is 10.5. The van der Waals surface area contributed by atoms with Crippen LogP contribution in [0.25, 0.3) is 12.2 Å². The van der Waals surface area contributed by atoms with Crippen molar-refractivity contribution in [2.75, 3.05) is 49.2 Å². The number of rotatable bonds is 17. The van der Waals surface area contributed by atoms with Crippen LogP contribution in [0.15, 0.2) is 47.5 Å². The lowest BCUT2D eigenvalue weighted by Gasteiger charge is -2.24. The van der Waals surface area contributed by atoms with Crippen LogP contribution in [0.3, 0.4) is 0 Å². The predicted octanol–water partition coefficient (Wildman–Crippen LogP) is 6.16. The summed E-state index contributed by atoms with van der Waals surface area (Å²) in [6, 6.07) is 19.0. The highest BCUT2D eigenvalue weighted by molar-refractivity contribution is 5.71. The maximum absolute atomic E-state index is 12.2. The molecule has 0 aliphatic heterocycles. The Morgan fingerprint density at radius 1 is 0.674 bits per heavy atom. The quantitative estimate of drug-likeness (QED) is 0.114. The lowest BCUT2D eigenvalue weighted by atomic mass is 10.0. The number of carbonyl (C=O) groups is 2. The summed E-state index contributed by atoms with van der Waals surface area (Å²) in [6.07, 6.45) is 4.61. The zero-order valence-corrected chi connectivity index (χ0v) is 27.0. The van der Waals surface area contributed by atoms with Crippen LogP contribution < -0.4 is 9.80 Å². The number of likely N-dealkylation sites (N-methyl/N-ethyl adjacent to an activating group) is 2. The normalized spacial score (nSPS) is 9.83. The van der Waals surface area contributed by atoms with Gasteiger partial charge in [-0.05, 0) is 99.2 Å². The van der Waals surface area contributed by atoms with Gasteiger partial charge in [-0.15, -0.1) is 0 Å². The smallest absolute Gasteiger partial charge is 0.305 e. The van der Waals surface area contributed by atoms with Gasteiger partial charge in [0.1, 0.15) is 48.6 Å². The van der Waals surface area contributed by atoms with Crippen LogP contribution in [-0.4, -0.2) is 51.3 Å². The van der Waals surface area contributed by atoms with Crippen molar-refractivity contribution in [2.45, 2.75) is 53.4 Å². The van der Waals surface area contributed by atoms with Crippen molar-refractivity contribution < 1.29 is 19.1 Å². The van der Waals surface area contributed by atoms with Crippen molar-refractivity contribution in [3.63, 3.8) is 0 Å². The molecule has 0 atom stereocenters. The highest BCUT2D eigenvalue weighted by atomic mass is 16.5. The first-order chi connectivity index (χ1) is 22.2. The van der Waals surface area contributed by atoms with Crippen molar-refractivity contribution in [1.82, 2.24) is 0 Å². The van der Waals surface area contributed by atoms with Gasteiger partial charge >= 0.3 is 11.9 Å². The maximum Gasteiger partial charge on any atom is 0.305 e. The monoisotopic (exact) mass is 620 g/mol. The van der Waals surface area contributed by atoms with Crippen LogP contribution >= 0.6 is 0 Å². The summed E-state index contributed by atoms with van der Waals surface area (Å²) in [4.78, 5) is 28.6. The van der Waals surface area contributed by atoms with Gasteiger partial charge in [0.15, 0.2) is 0 Å². The minimum atomic E-state index is -0.312. The number of carbonyl (C=O) groups excluding carboxylic acids is 2. The molecule has 2 aromatic rings. The van der Waals surface area contributed by atoms with Gasteiger partial charge in [-0.3, -0.25) is 9.59 Å². The molecule has 10 nitrogen and oxygen atoms in total. The molecule has 0 radical (unpaired) electrons. The Labute approximate surface area is 272 Å². The molecule has 0 amide bonds. The average Bonchev–Trinajstić information content (AvgIpc) is 3.06. The summed E-state index contributed by atoms with van der Waals surface area (Å²) < 4.78 is 10.8. The number of ether oxygens (including phenoxy) is 2. The standard InChI is InChI=1S/C36H40N6O4/c1-5-41(33-13-11-31(27(3)19-33)21-29(23-37)24-38)15-17-45-35(43)9-7-8-10-36(44)46-18-16-42(6-2)34-14-12-32(28(4)20-34)22-30(25-39)26-40/h11-14,19-22H,5-10,15-18H2,1-4H3. The Kier molecular flexibility index (Phi) is 15.6. The van der Waals surface area contributed by atoms with E-state index in [9.17, 15) is 9.59 Å². The predicted molar refractivity (Wildman–Crippen MR) is 177 cm³/mol. The molecule has 46 heavy (non-hydrogen) atoms. The molecule has 0 aliphatic rings. The summed E-state index contributed by atoms with van der Waals surface area (Å²) in [7, 11) is 0. The fourth-order valence-electron chi connectivity index (χ4n) is 4.69. The molecular weight excluding hydrogens is 580 g/mol. The van der Waals surface area contributed by atoms with Gasteiger partial charge in [-0.1, -0.05) is 12.1 Å². The Morgan fingerprint density at radius 3 is 1.35 bits per heavy atom. The van der Waals surface area contributed by atoms with Gasteiger partial charge in [-0.25, -0.2) is 0 Å². The molecule has 0 aromatic heterocycles. The van der Waals surface area contributed by atoms with Crippen molar-refractivity contribution in [1.29, 1.82) is 21.0 Å². The number of unbranched alkanes of at least 4 members (excludes halogenated alkanes) is 1. The summed E-state index contributed by atoms with van der Waals surface area (Å²) >= 11 is 0. The Bertz CT molecular complexity index is 1450. The van der Waals surface area contributed by atoms with Gasteiger partial charge in [0.2, 0.25) is 0 Å². The number of nitrogens with zero attached hydrogens (tertiary/aromatic N) is 6. The minimum absolute atomic E-state index is 0.0462. The Morgan fingerprint density at radius 2 is 1.04 bits per heavy atom. The summed E-state index contributed by atoms with van der Waals surface area (Å²) in [5.74, 6) is -0.623. The molecule has 0 saturated carbocycles. The van der Waals surface area contributed by atoms with E-state index in [-0.39, 0.29) is 49.1 Å².